The Balaban J connectivity index is 1.69. The van der Waals surface area contributed by atoms with Crippen LogP contribution in [0, 0.1) is 0 Å². The zero-order valence-corrected chi connectivity index (χ0v) is 17.8. The van der Waals surface area contributed by atoms with Crippen LogP contribution < -0.4 is 10.2 Å². The van der Waals surface area contributed by atoms with Crippen molar-refractivity contribution in [2.24, 2.45) is 0 Å². The fourth-order valence-electron chi connectivity index (χ4n) is 3.24. The number of halogens is 1. The molecule has 1 N–H and O–H groups in total. The fourth-order valence-corrected chi connectivity index (χ4v) is 4.55. The van der Waals surface area contributed by atoms with Crippen LogP contribution in [0.1, 0.15) is 20.7 Å². The molecule has 3 aromatic carbocycles. The van der Waals surface area contributed by atoms with Gasteiger partial charge in [-0.05, 0) is 48.5 Å². The highest BCUT2D eigenvalue weighted by molar-refractivity contribution is 7.99. The smallest absolute Gasteiger partial charge is 0.259 e. The van der Waals surface area contributed by atoms with E-state index in [1.165, 1.54) is 11.8 Å². The summed E-state index contributed by atoms with van der Waals surface area (Å²) >= 11 is 7.50. The molecule has 1 aliphatic heterocycles. The van der Waals surface area contributed by atoms with Gasteiger partial charge in [-0.3, -0.25) is 9.59 Å². The highest BCUT2D eigenvalue weighted by atomic mass is 35.5. The van der Waals surface area contributed by atoms with E-state index in [1.807, 2.05) is 36.4 Å². The third-order valence-corrected chi connectivity index (χ3v) is 6.05. The summed E-state index contributed by atoms with van der Waals surface area (Å²) in [6.07, 6.45) is 0. The second kappa shape index (κ2) is 8.92. The van der Waals surface area contributed by atoms with Crippen LogP contribution in [0.2, 0.25) is 5.02 Å². The number of amides is 2. The van der Waals surface area contributed by atoms with E-state index in [4.69, 9.17) is 16.3 Å². The van der Waals surface area contributed by atoms with Crippen molar-refractivity contribution in [1.82, 2.24) is 0 Å². The molecule has 0 radical (unpaired) electrons. The number of carbonyl (C=O) groups excluding carboxylic acids is 2. The molecular formula is C23H19ClN2O3S. The lowest BCUT2D eigenvalue weighted by atomic mass is 10.1. The van der Waals surface area contributed by atoms with E-state index in [0.717, 1.165) is 15.5 Å². The Labute approximate surface area is 184 Å². The molecule has 0 fully saturated rings. The lowest BCUT2D eigenvalue weighted by molar-refractivity contribution is 0.0972. The van der Waals surface area contributed by atoms with Crippen LogP contribution >= 0.6 is 23.4 Å². The number of carbonyl (C=O) groups is 2. The molecule has 30 heavy (non-hydrogen) atoms. The van der Waals surface area contributed by atoms with Gasteiger partial charge >= 0.3 is 0 Å². The molecule has 0 spiro atoms. The van der Waals surface area contributed by atoms with Crippen LogP contribution in [-0.4, -0.2) is 32.1 Å². The third-order valence-electron chi connectivity index (χ3n) is 4.70. The number of benzene rings is 3. The summed E-state index contributed by atoms with van der Waals surface area (Å²) in [6.45, 7) is 0.858. The van der Waals surface area contributed by atoms with Crippen molar-refractivity contribution >= 4 is 46.6 Å². The van der Waals surface area contributed by atoms with Gasteiger partial charge in [-0.15, -0.1) is 0 Å². The van der Waals surface area contributed by atoms with Crippen LogP contribution in [0.15, 0.2) is 76.5 Å². The molecule has 0 aromatic heterocycles. The predicted octanol–water partition coefficient (Wildman–Crippen LogP) is 5.35. The lowest BCUT2D eigenvalue weighted by Crippen LogP contribution is -2.33. The van der Waals surface area contributed by atoms with Crippen molar-refractivity contribution in [3.05, 3.63) is 82.9 Å². The number of nitrogens with zero attached hydrogens (tertiary/aromatic N) is 1. The molecule has 0 saturated heterocycles. The van der Waals surface area contributed by atoms with Gasteiger partial charge in [0.25, 0.3) is 11.8 Å². The second-order valence-electron chi connectivity index (χ2n) is 6.69. The largest absolute Gasteiger partial charge is 0.383 e. The topological polar surface area (TPSA) is 58.6 Å². The molecule has 152 valence electrons. The van der Waals surface area contributed by atoms with Crippen molar-refractivity contribution in [2.45, 2.75) is 9.79 Å². The van der Waals surface area contributed by atoms with Gasteiger partial charge in [0.15, 0.2) is 0 Å². The van der Waals surface area contributed by atoms with Crippen molar-refractivity contribution in [1.29, 1.82) is 0 Å². The average molecular weight is 439 g/mol. The number of fused-ring (bicyclic) bond motifs is 2. The van der Waals surface area contributed by atoms with Gasteiger partial charge in [-0.1, -0.05) is 41.6 Å². The number of ether oxygens (including phenoxy) is 1. The van der Waals surface area contributed by atoms with Crippen LogP contribution in [0.25, 0.3) is 0 Å². The summed E-state index contributed by atoms with van der Waals surface area (Å²) < 4.78 is 5.20. The summed E-state index contributed by atoms with van der Waals surface area (Å²) in [5, 5.41) is 3.41. The molecule has 1 heterocycles. The van der Waals surface area contributed by atoms with Gasteiger partial charge in [-0.2, -0.15) is 0 Å². The van der Waals surface area contributed by atoms with Crippen LogP contribution in [0.5, 0.6) is 0 Å². The zero-order chi connectivity index (χ0) is 21.1. The van der Waals surface area contributed by atoms with Crippen molar-refractivity contribution in [3.8, 4) is 0 Å². The van der Waals surface area contributed by atoms with Crippen molar-refractivity contribution in [2.75, 3.05) is 30.5 Å². The Morgan fingerprint density at radius 3 is 2.70 bits per heavy atom. The highest BCUT2D eigenvalue weighted by Crippen LogP contribution is 2.42. The lowest BCUT2D eigenvalue weighted by Gasteiger charge is -2.23. The predicted molar refractivity (Wildman–Crippen MR) is 120 cm³/mol. The van der Waals surface area contributed by atoms with Crippen LogP contribution in [0.4, 0.5) is 11.4 Å². The molecule has 0 atom stereocenters. The molecule has 0 saturated carbocycles. The van der Waals surface area contributed by atoms with Gasteiger partial charge in [-0.25, -0.2) is 0 Å². The third kappa shape index (κ3) is 4.21. The molecule has 0 bridgehead atoms. The van der Waals surface area contributed by atoms with Gasteiger partial charge in [0.05, 0.1) is 17.9 Å². The summed E-state index contributed by atoms with van der Waals surface area (Å²) in [4.78, 5) is 29.2. The number of methoxy groups -OCH3 is 1. The number of rotatable bonds is 5. The monoisotopic (exact) mass is 438 g/mol. The van der Waals surface area contributed by atoms with E-state index in [1.54, 1.807) is 42.3 Å². The first-order valence-electron chi connectivity index (χ1n) is 9.35. The van der Waals surface area contributed by atoms with Gasteiger partial charge in [0, 0.05) is 39.7 Å². The maximum atomic E-state index is 13.2. The minimum Gasteiger partial charge on any atom is -0.383 e. The van der Waals surface area contributed by atoms with Gasteiger partial charge in [0.1, 0.15) is 0 Å². The quantitative estimate of drug-likeness (QED) is 0.583. The van der Waals surface area contributed by atoms with E-state index < -0.39 is 0 Å². The number of anilines is 2. The maximum Gasteiger partial charge on any atom is 0.259 e. The molecule has 0 unspecified atom stereocenters. The average Bonchev–Trinajstić information content (AvgIpc) is 2.86. The fraction of sp³-hybridized carbons (Fsp3) is 0.130. The second-order valence-corrected chi connectivity index (χ2v) is 8.21. The van der Waals surface area contributed by atoms with E-state index in [2.05, 4.69) is 5.32 Å². The molecule has 2 amide bonds. The summed E-state index contributed by atoms with van der Waals surface area (Å²) in [6, 6.07) is 19.9. The van der Waals surface area contributed by atoms with Crippen LogP contribution in [-0.2, 0) is 4.74 Å². The Hall–Kier alpha value is -2.80. The van der Waals surface area contributed by atoms with E-state index >= 15 is 0 Å². The normalized spacial score (nSPS) is 12.7. The summed E-state index contributed by atoms with van der Waals surface area (Å²) in [5.41, 5.74) is 2.57. The standard InChI is InChI=1S/C23H19ClN2O3S/c1-29-12-11-26-19-10-9-17(25-22(27)15-5-4-6-16(24)13-15)14-21(19)30-20-8-3-2-7-18(20)23(26)28/h2-10,13-14H,11-12H2,1H3,(H,25,27). The molecule has 0 aliphatic carbocycles. The molecule has 4 rings (SSSR count). The first kappa shape index (κ1) is 20.5. The van der Waals surface area contributed by atoms with E-state index in [-0.39, 0.29) is 11.8 Å². The Morgan fingerprint density at radius 2 is 1.90 bits per heavy atom. The van der Waals surface area contributed by atoms with E-state index in [0.29, 0.717) is 35.0 Å². The SMILES string of the molecule is COCCN1C(=O)c2ccccc2Sc2cc(NC(=O)c3cccc(Cl)c3)ccc21. The molecule has 7 heteroatoms. The highest BCUT2D eigenvalue weighted by Gasteiger charge is 2.27. The van der Waals surface area contributed by atoms with Crippen molar-refractivity contribution < 1.29 is 14.3 Å². The van der Waals surface area contributed by atoms with Gasteiger partial charge < -0.3 is 15.0 Å². The molecule has 1 aliphatic rings. The summed E-state index contributed by atoms with van der Waals surface area (Å²) in [7, 11) is 1.61. The Morgan fingerprint density at radius 1 is 1.07 bits per heavy atom. The first-order valence-corrected chi connectivity index (χ1v) is 10.5. The molecular weight excluding hydrogens is 420 g/mol. The number of hydrogen-bond acceptors (Lipinski definition) is 4. The van der Waals surface area contributed by atoms with Crippen molar-refractivity contribution in [3.63, 3.8) is 0 Å². The Bertz CT molecular complexity index is 1120. The minimum absolute atomic E-state index is 0.0652. The minimum atomic E-state index is -0.246. The zero-order valence-electron chi connectivity index (χ0n) is 16.2. The molecule has 5 nitrogen and oxygen atoms in total. The van der Waals surface area contributed by atoms with Crippen LogP contribution in [0.3, 0.4) is 0 Å². The maximum absolute atomic E-state index is 13.2. The summed E-state index contributed by atoms with van der Waals surface area (Å²) in [5.74, 6) is -0.312. The van der Waals surface area contributed by atoms with Gasteiger partial charge in [0.2, 0.25) is 0 Å². The number of hydrogen-bond donors (Lipinski definition) is 1. The Kier molecular flexibility index (Phi) is 6.08. The van der Waals surface area contributed by atoms with E-state index in [9.17, 15) is 9.59 Å². The molecule has 3 aromatic rings. The first-order chi connectivity index (χ1) is 14.6. The number of nitrogens with one attached hydrogen (secondary N) is 1.